The number of unbranched alkanes of at least 4 members (excludes halogenated alkanes) is 2. The minimum absolute atomic E-state index is 0.00548. The first-order valence-electron chi connectivity index (χ1n) is 14.3. The number of hydrogen-bond acceptors (Lipinski definition) is 7. The molecule has 0 N–H and O–H groups in total. The highest BCUT2D eigenvalue weighted by molar-refractivity contribution is 6.11. The van der Waals surface area contributed by atoms with Crippen LogP contribution >= 0.6 is 0 Å². The summed E-state index contributed by atoms with van der Waals surface area (Å²) in [4.78, 5) is 41.9. The summed E-state index contributed by atoms with van der Waals surface area (Å²) in [5.74, 6) is 0.178. The number of rotatable bonds is 10. The third-order valence-corrected chi connectivity index (χ3v) is 7.65. The summed E-state index contributed by atoms with van der Waals surface area (Å²) in [5.41, 5.74) is 3.77. The molecular formula is C34H35NO7. The fourth-order valence-corrected chi connectivity index (χ4v) is 5.29. The summed E-state index contributed by atoms with van der Waals surface area (Å²) in [6.45, 7) is 8.55. The van der Waals surface area contributed by atoms with Crippen molar-refractivity contribution >= 4 is 28.5 Å². The van der Waals surface area contributed by atoms with Crippen LogP contribution in [0.25, 0.3) is 11.0 Å². The number of methoxy groups -OCH3 is 1. The molecule has 0 aliphatic carbocycles. The molecule has 8 heteroatoms. The Balaban J connectivity index is 1.66. The minimum Gasteiger partial charge on any atom is -0.493 e. The molecule has 1 amide bonds. The highest BCUT2D eigenvalue weighted by Crippen LogP contribution is 2.43. The molecule has 4 aromatic rings. The first-order valence-corrected chi connectivity index (χ1v) is 14.3. The number of fused-ring (bicyclic) bond motifs is 2. The summed E-state index contributed by atoms with van der Waals surface area (Å²) in [5, 5.41) is 0.414. The molecule has 1 atom stereocenters. The number of carbonyl (C=O) groups excluding carboxylic acids is 2. The molecule has 1 aliphatic rings. The molecular weight excluding hydrogens is 534 g/mol. The molecule has 5 rings (SSSR count). The van der Waals surface area contributed by atoms with Gasteiger partial charge >= 0.3 is 5.97 Å². The molecule has 0 fully saturated rings. The first-order chi connectivity index (χ1) is 20.3. The van der Waals surface area contributed by atoms with Gasteiger partial charge in [-0.25, -0.2) is 4.79 Å². The molecule has 3 aromatic carbocycles. The van der Waals surface area contributed by atoms with E-state index in [1.807, 2.05) is 26.0 Å². The summed E-state index contributed by atoms with van der Waals surface area (Å²) in [7, 11) is 1.56. The lowest BCUT2D eigenvalue weighted by Crippen LogP contribution is -2.29. The first kappa shape index (κ1) is 28.9. The second-order valence-electron chi connectivity index (χ2n) is 10.4. The number of hydrogen-bond donors (Lipinski definition) is 0. The zero-order valence-electron chi connectivity index (χ0n) is 24.6. The Kier molecular flexibility index (Phi) is 8.34. The van der Waals surface area contributed by atoms with E-state index < -0.39 is 17.9 Å². The maximum absolute atomic E-state index is 14.1. The van der Waals surface area contributed by atoms with Crippen LogP contribution < -0.4 is 19.8 Å². The van der Waals surface area contributed by atoms with Gasteiger partial charge in [-0.15, -0.1) is 0 Å². The Bertz CT molecular complexity index is 1700. The van der Waals surface area contributed by atoms with Crippen molar-refractivity contribution in [2.75, 3.05) is 25.2 Å². The van der Waals surface area contributed by atoms with E-state index in [1.54, 1.807) is 56.5 Å². The van der Waals surface area contributed by atoms with E-state index in [1.165, 1.54) is 4.90 Å². The van der Waals surface area contributed by atoms with Gasteiger partial charge in [0.1, 0.15) is 5.58 Å². The second kappa shape index (κ2) is 12.1. The number of esters is 1. The van der Waals surface area contributed by atoms with Crippen molar-refractivity contribution in [3.05, 3.63) is 98.4 Å². The smallest absolute Gasteiger partial charge is 0.338 e. The normalized spacial score (nSPS) is 14.3. The predicted molar refractivity (Wildman–Crippen MR) is 161 cm³/mol. The average Bonchev–Trinajstić information content (AvgIpc) is 3.28. The van der Waals surface area contributed by atoms with E-state index in [0.29, 0.717) is 45.9 Å². The van der Waals surface area contributed by atoms with Crippen molar-refractivity contribution in [1.82, 2.24) is 0 Å². The highest BCUT2D eigenvalue weighted by atomic mass is 16.5. The predicted octanol–water partition coefficient (Wildman–Crippen LogP) is 6.91. The monoisotopic (exact) mass is 569 g/mol. The SMILES string of the molecule is CCCCCOc1ccc(C2c3c(oc4cc(C)c(C)cc4c3=O)C(=O)N2c2ccc(C(=O)OCC)cc2)cc1OC. The molecule has 218 valence electrons. The lowest BCUT2D eigenvalue weighted by molar-refractivity contribution is 0.0526. The van der Waals surface area contributed by atoms with Crippen LogP contribution in [0.4, 0.5) is 5.69 Å². The molecule has 0 radical (unpaired) electrons. The topological polar surface area (TPSA) is 95.3 Å². The van der Waals surface area contributed by atoms with E-state index >= 15 is 0 Å². The second-order valence-corrected chi connectivity index (χ2v) is 10.4. The van der Waals surface area contributed by atoms with E-state index in [-0.39, 0.29) is 23.4 Å². The van der Waals surface area contributed by atoms with Crippen LogP contribution in [0.1, 0.15) is 82.3 Å². The lowest BCUT2D eigenvalue weighted by Gasteiger charge is -2.26. The van der Waals surface area contributed by atoms with Gasteiger partial charge < -0.3 is 18.6 Å². The minimum atomic E-state index is -0.800. The van der Waals surface area contributed by atoms with Gasteiger partial charge in [0.15, 0.2) is 16.9 Å². The molecule has 8 nitrogen and oxygen atoms in total. The number of nitrogens with zero attached hydrogens (tertiary/aromatic N) is 1. The van der Waals surface area contributed by atoms with Crippen molar-refractivity contribution < 1.29 is 28.2 Å². The van der Waals surface area contributed by atoms with Crippen LogP contribution in [-0.2, 0) is 4.74 Å². The van der Waals surface area contributed by atoms with Crippen LogP contribution in [0.3, 0.4) is 0 Å². The third-order valence-electron chi connectivity index (χ3n) is 7.65. The molecule has 1 aromatic heterocycles. The average molecular weight is 570 g/mol. The summed E-state index contributed by atoms with van der Waals surface area (Å²) in [6, 6.07) is 14.8. The van der Waals surface area contributed by atoms with Gasteiger partial charge in [0, 0.05) is 5.69 Å². The number of aryl methyl sites for hydroxylation is 2. The summed E-state index contributed by atoms with van der Waals surface area (Å²) < 4.78 is 22.9. The number of anilines is 1. The van der Waals surface area contributed by atoms with E-state index in [4.69, 9.17) is 18.6 Å². The number of ether oxygens (including phenoxy) is 3. The van der Waals surface area contributed by atoms with Crippen molar-refractivity contribution in [3.63, 3.8) is 0 Å². The van der Waals surface area contributed by atoms with Gasteiger partial charge in [0.25, 0.3) is 5.91 Å². The van der Waals surface area contributed by atoms with Crippen LogP contribution in [0.5, 0.6) is 11.5 Å². The van der Waals surface area contributed by atoms with Gasteiger partial charge in [-0.3, -0.25) is 14.5 Å². The quantitative estimate of drug-likeness (QED) is 0.151. The molecule has 0 saturated carbocycles. The molecule has 0 saturated heterocycles. The van der Waals surface area contributed by atoms with Crippen molar-refractivity contribution in [2.45, 2.75) is 53.0 Å². The maximum atomic E-state index is 14.1. The van der Waals surface area contributed by atoms with Crippen molar-refractivity contribution in [1.29, 1.82) is 0 Å². The third kappa shape index (κ3) is 5.24. The molecule has 0 bridgehead atoms. The Morgan fingerprint density at radius 2 is 1.67 bits per heavy atom. The molecule has 1 unspecified atom stereocenters. The Hall–Kier alpha value is -4.59. The zero-order valence-corrected chi connectivity index (χ0v) is 24.6. The van der Waals surface area contributed by atoms with Crippen LogP contribution in [-0.4, -0.2) is 32.2 Å². The largest absolute Gasteiger partial charge is 0.493 e. The van der Waals surface area contributed by atoms with Crippen LogP contribution in [0.2, 0.25) is 0 Å². The molecule has 42 heavy (non-hydrogen) atoms. The van der Waals surface area contributed by atoms with E-state index in [9.17, 15) is 14.4 Å². The van der Waals surface area contributed by atoms with Crippen LogP contribution in [0, 0.1) is 13.8 Å². The summed E-state index contributed by atoms with van der Waals surface area (Å²) >= 11 is 0. The standard InChI is InChI=1S/C34H35NO7/c1-6-8-9-16-41-26-15-12-23(19-28(26)39-5)30-29-31(36)25-17-20(3)21(4)18-27(25)42-32(29)33(37)35(30)24-13-10-22(11-14-24)34(38)40-7-2/h10-15,17-19,30H,6-9,16H2,1-5H3. The lowest BCUT2D eigenvalue weighted by atomic mass is 9.96. The fraction of sp³-hybridized carbons (Fsp3) is 0.324. The van der Waals surface area contributed by atoms with Crippen molar-refractivity contribution in [3.8, 4) is 11.5 Å². The Morgan fingerprint density at radius 1 is 0.929 bits per heavy atom. The van der Waals surface area contributed by atoms with Crippen molar-refractivity contribution in [2.24, 2.45) is 0 Å². The number of carbonyl (C=O) groups is 2. The molecule has 0 spiro atoms. The van der Waals surface area contributed by atoms with Gasteiger partial charge in [0.2, 0.25) is 5.76 Å². The number of amides is 1. The van der Waals surface area contributed by atoms with Gasteiger partial charge in [-0.1, -0.05) is 25.8 Å². The molecule has 1 aliphatic heterocycles. The Morgan fingerprint density at radius 3 is 2.36 bits per heavy atom. The van der Waals surface area contributed by atoms with Gasteiger partial charge in [-0.05, 0) is 92.4 Å². The van der Waals surface area contributed by atoms with E-state index in [0.717, 1.165) is 30.4 Å². The summed E-state index contributed by atoms with van der Waals surface area (Å²) in [6.07, 6.45) is 3.07. The van der Waals surface area contributed by atoms with Gasteiger partial charge in [0.05, 0.1) is 42.9 Å². The number of benzene rings is 3. The maximum Gasteiger partial charge on any atom is 0.338 e. The van der Waals surface area contributed by atoms with E-state index in [2.05, 4.69) is 6.92 Å². The van der Waals surface area contributed by atoms with Crippen LogP contribution in [0.15, 0.2) is 63.8 Å². The molecule has 2 heterocycles. The highest BCUT2D eigenvalue weighted by Gasteiger charge is 2.44. The van der Waals surface area contributed by atoms with Gasteiger partial charge in [-0.2, -0.15) is 0 Å². The Labute approximate surface area is 244 Å². The fourth-order valence-electron chi connectivity index (χ4n) is 5.29. The zero-order chi connectivity index (χ0) is 30.0.